The first-order valence-corrected chi connectivity index (χ1v) is 7.63. The van der Waals surface area contributed by atoms with Crippen LogP contribution in [0, 0.1) is 11.6 Å². The lowest BCUT2D eigenvalue weighted by Crippen LogP contribution is -2.31. The van der Waals surface area contributed by atoms with Crippen molar-refractivity contribution in [3.8, 4) is 0 Å². The summed E-state index contributed by atoms with van der Waals surface area (Å²) in [4.78, 5) is 14.2. The number of rotatable bonds is 3. The molecule has 1 aliphatic heterocycles. The molecule has 2 N–H and O–H groups in total. The third-order valence-corrected chi connectivity index (χ3v) is 4.27. The van der Waals surface area contributed by atoms with Gasteiger partial charge in [-0.05, 0) is 36.2 Å². The summed E-state index contributed by atoms with van der Waals surface area (Å²) in [5.74, 6) is -1.44. The Morgan fingerprint density at radius 1 is 1.17 bits per heavy atom. The van der Waals surface area contributed by atoms with E-state index in [2.05, 4.69) is 0 Å². The first-order chi connectivity index (χ1) is 11.5. The minimum atomic E-state index is -0.689. The number of carbonyl (C=O) groups is 1. The van der Waals surface area contributed by atoms with Crippen LogP contribution >= 0.6 is 0 Å². The van der Waals surface area contributed by atoms with E-state index in [1.807, 2.05) is 0 Å². The van der Waals surface area contributed by atoms with Crippen molar-refractivity contribution in [3.63, 3.8) is 0 Å². The highest BCUT2D eigenvalue weighted by molar-refractivity contribution is 5.94. The molecule has 1 amide bonds. The molecule has 0 spiro atoms. The summed E-state index contributed by atoms with van der Waals surface area (Å²) in [5.41, 5.74) is 0.975. The molecule has 0 saturated carbocycles. The van der Waals surface area contributed by atoms with Crippen molar-refractivity contribution >= 4 is 5.91 Å². The number of aliphatic hydroxyl groups excluding tert-OH is 2. The van der Waals surface area contributed by atoms with Crippen molar-refractivity contribution in [1.29, 1.82) is 0 Å². The van der Waals surface area contributed by atoms with Crippen LogP contribution in [0.15, 0.2) is 42.5 Å². The maximum absolute atomic E-state index is 13.8. The van der Waals surface area contributed by atoms with Gasteiger partial charge in [0.05, 0.1) is 18.8 Å². The Morgan fingerprint density at radius 2 is 1.88 bits per heavy atom. The Kier molecular flexibility index (Phi) is 4.59. The van der Waals surface area contributed by atoms with Crippen molar-refractivity contribution in [2.24, 2.45) is 0 Å². The number of carbonyl (C=O) groups excluding carboxylic acids is 1. The van der Waals surface area contributed by atoms with Crippen LogP contribution < -0.4 is 0 Å². The molecule has 0 aliphatic carbocycles. The molecule has 0 radical (unpaired) electrons. The molecule has 24 heavy (non-hydrogen) atoms. The fraction of sp³-hybridized carbons (Fsp3) is 0.278. The molecule has 1 saturated heterocycles. The number of benzene rings is 2. The van der Waals surface area contributed by atoms with Crippen LogP contribution in [0.4, 0.5) is 8.78 Å². The minimum Gasteiger partial charge on any atom is -0.392 e. The molecule has 2 atom stereocenters. The zero-order valence-corrected chi connectivity index (χ0v) is 12.8. The van der Waals surface area contributed by atoms with E-state index in [1.165, 1.54) is 29.2 Å². The van der Waals surface area contributed by atoms with Gasteiger partial charge in [0.25, 0.3) is 5.91 Å². The van der Waals surface area contributed by atoms with Gasteiger partial charge in [-0.3, -0.25) is 4.79 Å². The van der Waals surface area contributed by atoms with Crippen molar-refractivity contribution < 1.29 is 23.8 Å². The SMILES string of the molecule is O=C(c1ccc(CO)c(F)c1)N1C[C@@H](O)C[C@@H]1c1ccc(F)cc1. The highest BCUT2D eigenvalue weighted by Crippen LogP contribution is 2.33. The van der Waals surface area contributed by atoms with E-state index in [0.29, 0.717) is 12.0 Å². The maximum Gasteiger partial charge on any atom is 0.254 e. The number of aliphatic hydroxyl groups is 2. The zero-order valence-electron chi connectivity index (χ0n) is 12.8. The van der Waals surface area contributed by atoms with E-state index < -0.39 is 30.5 Å². The van der Waals surface area contributed by atoms with E-state index in [-0.39, 0.29) is 23.5 Å². The van der Waals surface area contributed by atoms with Crippen LogP contribution in [0.25, 0.3) is 0 Å². The fourth-order valence-electron chi connectivity index (χ4n) is 3.01. The van der Waals surface area contributed by atoms with Crippen molar-refractivity contribution in [3.05, 3.63) is 70.8 Å². The number of hydrogen-bond donors (Lipinski definition) is 2. The van der Waals surface area contributed by atoms with Crippen LogP contribution in [-0.2, 0) is 6.61 Å². The summed E-state index contributed by atoms with van der Waals surface area (Å²) in [7, 11) is 0. The Bertz CT molecular complexity index is 748. The van der Waals surface area contributed by atoms with E-state index in [9.17, 15) is 18.7 Å². The van der Waals surface area contributed by atoms with Crippen LogP contribution in [0.5, 0.6) is 0 Å². The zero-order chi connectivity index (χ0) is 17.3. The molecule has 0 aromatic heterocycles. The van der Waals surface area contributed by atoms with Gasteiger partial charge in [0.15, 0.2) is 0 Å². The Morgan fingerprint density at radius 3 is 2.50 bits per heavy atom. The maximum atomic E-state index is 13.8. The van der Waals surface area contributed by atoms with Crippen molar-refractivity contribution in [2.45, 2.75) is 25.2 Å². The number of hydrogen-bond acceptors (Lipinski definition) is 3. The average molecular weight is 333 g/mol. The second kappa shape index (κ2) is 6.67. The molecule has 0 bridgehead atoms. The molecule has 2 aromatic rings. The highest BCUT2D eigenvalue weighted by Gasteiger charge is 2.35. The largest absolute Gasteiger partial charge is 0.392 e. The van der Waals surface area contributed by atoms with E-state index in [4.69, 9.17) is 5.11 Å². The lowest BCUT2D eigenvalue weighted by molar-refractivity contribution is 0.0715. The molecule has 1 aliphatic rings. The quantitative estimate of drug-likeness (QED) is 0.907. The first-order valence-electron chi connectivity index (χ1n) is 7.63. The third kappa shape index (κ3) is 3.16. The molecular formula is C18H17F2NO3. The van der Waals surface area contributed by atoms with Crippen LogP contribution in [-0.4, -0.2) is 33.7 Å². The van der Waals surface area contributed by atoms with Crippen LogP contribution in [0.2, 0.25) is 0 Å². The second-order valence-corrected chi connectivity index (χ2v) is 5.88. The van der Waals surface area contributed by atoms with Gasteiger partial charge in [-0.25, -0.2) is 8.78 Å². The molecule has 2 aromatic carbocycles. The van der Waals surface area contributed by atoms with E-state index in [0.717, 1.165) is 6.07 Å². The van der Waals surface area contributed by atoms with Crippen molar-refractivity contribution in [2.75, 3.05) is 6.54 Å². The van der Waals surface area contributed by atoms with Gasteiger partial charge in [0, 0.05) is 17.7 Å². The van der Waals surface area contributed by atoms with Crippen LogP contribution in [0.1, 0.15) is 33.9 Å². The molecule has 126 valence electrons. The second-order valence-electron chi connectivity index (χ2n) is 5.88. The number of β-amino-alcohol motifs (C(OH)–C–C–N with tert-alkyl or cyclic N) is 1. The first kappa shape index (κ1) is 16.5. The van der Waals surface area contributed by atoms with Gasteiger partial charge >= 0.3 is 0 Å². The summed E-state index contributed by atoms with van der Waals surface area (Å²) >= 11 is 0. The number of amides is 1. The number of halogens is 2. The predicted molar refractivity (Wildman–Crippen MR) is 83.1 cm³/mol. The van der Waals surface area contributed by atoms with Gasteiger partial charge in [-0.15, -0.1) is 0 Å². The van der Waals surface area contributed by atoms with Gasteiger partial charge in [0.1, 0.15) is 11.6 Å². The predicted octanol–water partition coefficient (Wildman–Crippen LogP) is 2.41. The smallest absolute Gasteiger partial charge is 0.254 e. The highest BCUT2D eigenvalue weighted by atomic mass is 19.1. The standard InChI is InChI=1S/C18H17F2NO3/c19-14-5-3-11(4-6-14)17-8-15(23)9-21(17)18(24)12-1-2-13(10-22)16(20)7-12/h1-7,15,17,22-23H,8-10H2/t15-,17+/m0/s1. The summed E-state index contributed by atoms with van der Waals surface area (Å²) < 4.78 is 26.9. The summed E-state index contributed by atoms with van der Waals surface area (Å²) in [6.07, 6.45) is -0.347. The molecule has 1 heterocycles. The number of likely N-dealkylation sites (tertiary alicyclic amines) is 1. The van der Waals surface area contributed by atoms with Crippen molar-refractivity contribution in [1.82, 2.24) is 4.90 Å². The van der Waals surface area contributed by atoms with Gasteiger partial charge in [0.2, 0.25) is 0 Å². The Labute approximate surface area is 138 Å². The van der Waals surface area contributed by atoms with Gasteiger partial charge < -0.3 is 15.1 Å². The van der Waals surface area contributed by atoms with E-state index >= 15 is 0 Å². The monoisotopic (exact) mass is 333 g/mol. The Hall–Kier alpha value is -2.31. The Balaban J connectivity index is 1.89. The molecular weight excluding hydrogens is 316 g/mol. The molecule has 0 unspecified atom stereocenters. The molecule has 4 nitrogen and oxygen atoms in total. The lowest BCUT2D eigenvalue weighted by Gasteiger charge is -2.25. The van der Waals surface area contributed by atoms with Crippen LogP contribution in [0.3, 0.4) is 0 Å². The lowest BCUT2D eigenvalue weighted by atomic mass is 10.0. The molecule has 3 rings (SSSR count). The minimum absolute atomic E-state index is 0.114. The van der Waals surface area contributed by atoms with E-state index in [1.54, 1.807) is 12.1 Å². The average Bonchev–Trinajstić information content (AvgIpc) is 2.96. The van der Waals surface area contributed by atoms with Gasteiger partial charge in [-0.1, -0.05) is 18.2 Å². The fourth-order valence-corrected chi connectivity index (χ4v) is 3.01. The summed E-state index contributed by atoms with van der Waals surface area (Å²) in [6.45, 7) is -0.314. The summed E-state index contributed by atoms with van der Waals surface area (Å²) in [6, 6.07) is 9.26. The normalized spacial score (nSPS) is 20.4. The summed E-state index contributed by atoms with van der Waals surface area (Å²) in [5, 5.41) is 19.0. The topological polar surface area (TPSA) is 60.8 Å². The molecule has 6 heteroatoms. The number of nitrogens with zero attached hydrogens (tertiary/aromatic N) is 1. The molecule has 1 fully saturated rings. The third-order valence-electron chi connectivity index (χ3n) is 4.27. The van der Waals surface area contributed by atoms with Gasteiger partial charge in [-0.2, -0.15) is 0 Å².